The summed E-state index contributed by atoms with van der Waals surface area (Å²) in [4.78, 5) is 4.16. The summed E-state index contributed by atoms with van der Waals surface area (Å²) >= 11 is 0. The van der Waals surface area contributed by atoms with E-state index in [1.54, 1.807) is 14.0 Å². The molecule has 2 aromatic rings. The minimum Gasteiger partial charge on any atom is -0.496 e. The summed E-state index contributed by atoms with van der Waals surface area (Å²) in [5, 5.41) is 7.22. The first-order valence-corrected chi connectivity index (χ1v) is 6.27. The van der Waals surface area contributed by atoms with Crippen molar-refractivity contribution in [2.45, 2.75) is 33.4 Å². The van der Waals surface area contributed by atoms with Gasteiger partial charge < -0.3 is 14.6 Å². The maximum Gasteiger partial charge on any atom is 0.223 e. The Labute approximate surface area is 113 Å². The predicted octanol–water partition coefficient (Wildman–Crippen LogP) is 2.55. The summed E-state index contributed by atoms with van der Waals surface area (Å²) in [5.74, 6) is 2.14. The highest BCUT2D eigenvalue weighted by atomic mass is 16.5. The SMILES string of the molecule is COc1cc(C)ccc1C(C)NCc1noc(C)n1. The number of ether oxygens (including phenoxy) is 1. The van der Waals surface area contributed by atoms with Crippen LogP contribution in [-0.4, -0.2) is 17.3 Å². The van der Waals surface area contributed by atoms with Crippen molar-refractivity contribution in [1.82, 2.24) is 15.5 Å². The monoisotopic (exact) mass is 261 g/mol. The molecule has 0 saturated carbocycles. The highest BCUT2D eigenvalue weighted by Gasteiger charge is 2.12. The van der Waals surface area contributed by atoms with E-state index in [1.165, 1.54) is 5.56 Å². The normalized spacial score (nSPS) is 12.4. The van der Waals surface area contributed by atoms with Crippen molar-refractivity contribution < 1.29 is 9.26 Å². The van der Waals surface area contributed by atoms with E-state index in [-0.39, 0.29) is 6.04 Å². The molecule has 1 aromatic carbocycles. The zero-order chi connectivity index (χ0) is 13.8. The standard InChI is InChI=1S/C14H19N3O2/c1-9-5-6-12(13(7-9)18-4)10(2)15-8-14-16-11(3)19-17-14/h5-7,10,15H,8H2,1-4H3. The van der Waals surface area contributed by atoms with Crippen LogP contribution >= 0.6 is 0 Å². The van der Waals surface area contributed by atoms with Crippen LogP contribution in [0.5, 0.6) is 5.75 Å². The highest BCUT2D eigenvalue weighted by Crippen LogP contribution is 2.26. The molecular formula is C14H19N3O2. The largest absolute Gasteiger partial charge is 0.496 e. The van der Waals surface area contributed by atoms with Crippen LogP contribution in [0.25, 0.3) is 0 Å². The third kappa shape index (κ3) is 3.32. The zero-order valence-corrected chi connectivity index (χ0v) is 11.7. The van der Waals surface area contributed by atoms with Gasteiger partial charge in [-0.05, 0) is 25.5 Å². The second kappa shape index (κ2) is 5.84. The molecule has 102 valence electrons. The minimum atomic E-state index is 0.148. The van der Waals surface area contributed by atoms with Gasteiger partial charge in [0.05, 0.1) is 13.7 Å². The molecule has 1 unspecified atom stereocenters. The first-order chi connectivity index (χ1) is 9.10. The quantitative estimate of drug-likeness (QED) is 0.896. The van der Waals surface area contributed by atoms with Crippen molar-refractivity contribution >= 4 is 0 Å². The molecule has 1 heterocycles. The summed E-state index contributed by atoms with van der Waals surface area (Å²) in [5.41, 5.74) is 2.30. The van der Waals surface area contributed by atoms with Gasteiger partial charge in [-0.3, -0.25) is 0 Å². The van der Waals surface area contributed by atoms with E-state index in [0.29, 0.717) is 18.3 Å². The topological polar surface area (TPSA) is 60.2 Å². The molecule has 1 aromatic heterocycles. The van der Waals surface area contributed by atoms with Gasteiger partial charge in [0.25, 0.3) is 0 Å². The van der Waals surface area contributed by atoms with Gasteiger partial charge in [-0.1, -0.05) is 17.3 Å². The Morgan fingerprint density at radius 2 is 2.16 bits per heavy atom. The van der Waals surface area contributed by atoms with Crippen molar-refractivity contribution in [2.75, 3.05) is 7.11 Å². The molecule has 5 heteroatoms. The molecular weight excluding hydrogens is 242 g/mol. The van der Waals surface area contributed by atoms with Gasteiger partial charge >= 0.3 is 0 Å². The molecule has 19 heavy (non-hydrogen) atoms. The average Bonchev–Trinajstić information content (AvgIpc) is 2.81. The molecule has 2 rings (SSSR count). The van der Waals surface area contributed by atoms with Crippen LogP contribution < -0.4 is 10.1 Å². The Bertz CT molecular complexity index is 551. The molecule has 0 aliphatic carbocycles. The molecule has 0 fully saturated rings. The molecule has 1 N–H and O–H groups in total. The molecule has 5 nitrogen and oxygen atoms in total. The maximum absolute atomic E-state index is 5.41. The maximum atomic E-state index is 5.41. The molecule has 0 aliphatic rings. The average molecular weight is 261 g/mol. The number of hydrogen-bond donors (Lipinski definition) is 1. The number of nitrogens with one attached hydrogen (secondary N) is 1. The first-order valence-electron chi connectivity index (χ1n) is 6.27. The van der Waals surface area contributed by atoms with E-state index in [2.05, 4.69) is 34.5 Å². The van der Waals surface area contributed by atoms with E-state index in [0.717, 1.165) is 11.3 Å². The van der Waals surface area contributed by atoms with Crippen molar-refractivity contribution in [3.63, 3.8) is 0 Å². The van der Waals surface area contributed by atoms with Crippen LogP contribution in [0.1, 0.15) is 35.8 Å². The van der Waals surface area contributed by atoms with Gasteiger partial charge in [-0.15, -0.1) is 0 Å². The summed E-state index contributed by atoms with van der Waals surface area (Å²) < 4.78 is 10.4. The number of aryl methyl sites for hydroxylation is 2. The Hall–Kier alpha value is -1.88. The third-order valence-electron chi connectivity index (χ3n) is 2.99. The van der Waals surface area contributed by atoms with E-state index in [9.17, 15) is 0 Å². The number of hydrogen-bond acceptors (Lipinski definition) is 5. The number of methoxy groups -OCH3 is 1. The van der Waals surface area contributed by atoms with Crippen LogP contribution in [-0.2, 0) is 6.54 Å². The molecule has 1 atom stereocenters. The van der Waals surface area contributed by atoms with Gasteiger partial charge in [0.15, 0.2) is 5.82 Å². The lowest BCUT2D eigenvalue weighted by molar-refractivity contribution is 0.382. The summed E-state index contributed by atoms with van der Waals surface area (Å²) in [7, 11) is 1.69. The fraction of sp³-hybridized carbons (Fsp3) is 0.429. The van der Waals surface area contributed by atoms with Crippen molar-refractivity contribution in [2.24, 2.45) is 0 Å². The summed E-state index contributed by atoms with van der Waals surface area (Å²) in [6.45, 7) is 6.48. The van der Waals surface area contributed by atoms with Crippen molar-refractivity contribution in [3.05, 3.63) is 41.0 Å². The fourth-order valence-corrected chi connectivity index (χ4v) is 1.94. The van der Waals surface area contributed by atoms with Crippen LogP contribution in [0.3, 0.4) is 0 Å². The Morgan fingerprint density at radius 3 is 2.79 bits per heavy atom. The number of benzene rings is 1. The van der Waals surface area contributed by atoms with Crippen LogP contribution in [0.15, 0.2) is 22.7 Å². The van der Waals surface area contributed by atoms with Gasteiger partial charge in [-0.25, -0.2) is 0 Å². The molecule has 0 saturated heterocycles. The fourth-order valence-electron chi connectivity index (χ4n) is 1.94. The molecule has 0 aliphatic heterocycles. The van der Waals surface area contributed by atoms with Crippen LogP contribution in [0.2, 0.25) is 0 Å². The lowest BCUT2D eigenvalue weighted by Crippen LogP contribution is -2.19. The number of aromatic nitrogens is 2. The van der Waals surface area contributed by atoms with Crippen LogP contribution in [0, 0.1) is 13.8 Å². The van der Waals surface area contributed by atoms with Gasteiger partial charge in [0.1, 0.15) is 5.75 Å². The summed E-state index contributed by atoms with van der Waals surface area (Å²) in [6, 6.07) is 6.34. The van der Waals surface area contributed by atoms with Crippen molar-refractivity contribution in [3.8, 4) is 5.75 Å². The van der Waals surface area contributed by atoms with Crippen LogP contribution in [0.4, 0.5) is 0 Å². The second-order valence-electron chi connectivity index (χ2n) is 4.58. The Kier molecular flexibility index (Phi) is 4.16. The Balaban J connectivity index is 2.05. The van der Waals surface area contributed by atoms with E-state index in [1.807, 2.05) is 13.0 Å². The van der Waals surface area contributed by atoms with Crippen molar-refractivity contribution in [1.29, 1.82) is 0 Å². The van der Waals surface area contributed by atoms with Gasteiger partial charge in [0.2, 0.25) is 5.89 Å². The lowest BCUT2D eigenvalue weighted by Gasteiger charge is -2.17. The Morgan fingerprint density at radius 1 is 1.37 bits per heavy atom. The van der Waals surface area contributed by atoms with Gasteiger partial charge in [-0.2, -0.15) is 4.98 Å². The number of nitrogens with zero attached hydrogens (tertiary/aromatic N) is 2. The van der Waals surface area contributed by atoms with E-state index >= 15 is 0 Å². The minimum absolute atomic E-state index is 0.148. The van der Waals surface area contributed by atoms with Gasteiger partial charge in [0, 0.05) is 18.5 Å². The first kappa shape index (κ1) is 13.5. The third-order valence-corrected chi connectivity index (χ3v) is 2.99. The molecule has 0 bridgehead atoms. The molecule has 0 radical (unpaired) electrons. The lowest BCUT2D eigenvalue weighted by atomic mass is 10.0. The molecule has 0 amide bonds. The van der Waals surface area contributed by atoms with E-state index in [4.69, 9.17) is 9.26 Å². The second-order valence-corrected chi connectivity index (χ2v) is 4.58. The van der Waals surface area contributed by atoms with E-state index < -0.39 is 0 Å². The zero-order valence-electron chi connectivity index (χ0n) is 11.7. The predicted molar refractivity (Wildman–Crippen MR) is 72.0 cm³/mol. The summed E-state index contributed by atoms with van der Waals surface area (Å²) in [6.07, 6.45) is 0. The molecule has 0 spiro atoms. The smallest absolute Gasteiger partial charge is 0.223 e. The number of rotatable bonds is 5. The highest BCUT2D eigenvalue weighted by molar-refractivity contribution is 5.39.